The minimum absolute atomic E-state index is 0.0303. The monoisotopic (exact) mass is 636 g/mol. The third-order valence-electron chi connectivity index (χ3n) is 10.1. The van der Waals surface area contributed by atoms with Gasteiger partial charge >= 0.3 is 5.97 Å². The van der Waals surface area contributed by atoms with Crippen molar-refractivity contribution in [1.29, 1.82) is 0 Å². The first-order chi connectivity index (χ1) is 22.9. The number of carbonyl (C=O) groups is 3. The molecule has 0 fully saturated rings. The number of unbranched alkanes of at least 4 members (excludes halogenated alkanes) is 11. The lowest BCUT2D eigenvalue weighted by molar-refractivity contribution is -0.138. The molecule has 3 aromatic rings. The van der Waals surface area contributed by atoms with Crippen LogP contribution in [-0.4, -0.2) is 24.1 Å². The van der Waals surface area contributed by atoms with Crippen LogP contribution in [0.15, 0.2) is 60.7 Å². The molecule has 0 aromatic heterocycles. The quantitative estimate of drug-likeness (QED) is 0.0505. The van der Waals surface area contributed by atoms with E-state index in [-0.39, 0.29) is 17.8 Å². The molecule has 0 unspecified atom stereocenters. The Labute approximate surface area is 283 Å². The molecule has 0 saturated heterocycles. The van der Waals surface area contributed by atoms with Gasteiger partial charge in [0.25, 0.3) is 5.78 Å². The van der Waals surface area contributed by atoms with E-state index < -0.39 is 11.8 Å². The molecule has 0 heterocycles. The fraction of sp³-hybridized carbons (Fsp3) is 0.512. The molecule has 0 N–H and O–H groups in total. The second-order valence-electron chi connectivity index (χ2n) is 13.6. The highest BCUT2D eigenvalue weighted by Gasteiger charge is 2.43. The molecule has 1 aliphatic rings. The van der Waals surface area contributed by atoms with Crippen molar-refractivity contribution in [2.75, 3.05) is 6.61 Å². The Kier molecular flexibility index (Phi) is 14.0. The maximum atomic E-state index is 13.7. The van der Waals surface area contributed by atoms with Gasteiger partial charge in [0.1, 0.15) is 0 Å². The number of ketones is 2. The van der Waals surface area contributed by atoms with E-state index in [0.717, 1.165) is 85.6 Å². The Morgan fingerprint density at radius 2 is 1.11 bits per heavy atom. The lowest BCUT2D eigenvalue weighted by Gasteiger charge is -2.33. The van der Waals surface area contributed by atoms with Gasteiger partial charge < -0.3 is 4.74 Å². The van der Waals surface area contributed by atoms with E-state index in [1.54, 1.807) is 6.07 Å². The zero-order valence-electron chi connectivity index (χ0n) is 29.4. The van der Waals surface area contributed by atoms with E-state index in [1.165, 1.54) is 50.5 Å². The smallest absolute Gasteiger partial charge is 0.379 e. The minimum atomic E-state index is -0.768. The third-order valence-corrected chi connectivity index (χ3v) is 10.1. The topological polar surface area (TPSA) is 60.4 Å². The molecule has 47 heavy (non-hydrogen) atoms. The molecule has 0 aliphatic heterocycles. The highest BCUT2D eigenvalue weighted by atomic mass is 16.5. The summed E-state index contributed by atoms with van der Waals surface area (Å²) in [6.07, 6.45) is 18.0. The standard InChI is InChI=1S/C43H56O4/c1-5-8-11-12-13-14-15-16-17-20-29-47-42(46)41(45)34-24-26-37-36-25-23-33(40(44)35-22-19-18-21-32(35)4)30-38(36)43(27-9-6-2,28-10-7-3)39(37)31-34/h18-19,21-26,30-31H,5-17,20,27-29H2,1-4H3. The van der Waals surface area contributed by atoms with Gasteiger partial charge in [-0.2, -0.15) is 0 Å². The van der Waals surface area contributed by atoms with Gasteiger partial charge in [-0.15, -0.1) is 0 Å². The molecule has 4 heteroatoms. The van der Waals surface area contributed by atoms with Crippen LogP contribution >= 0.6 is 0 Å². The van der Waals surface area contributed by atoms with Crippen LogP contribution in [0, 0.1) is 6.92 Å². The van der Waals surface area contributed by atoms with E-state index in [9.17, 15) is 14.4 Å². The molecular weight excluding hydrogens is 580 g/mol. The lowest BCUT2D eigenvalue weighted by Crippen LogP contribution is -2.26. The van der Waals surface area contributed by atoms with Gasteiger partial charge in [0.2, 0.25) is 0 Å². The summed E-state index contributed by atoms with van der Waals surface area (Å²) in [7, 11) is 0. The predicted octanol–water partition coefficient (Wildman–Crippen LogP) is 11.5. The molecule has 0 saturated carbocycles. The van der Waals surface area contributed by atoms with Crippen LogP contribution in [0.2, 0.25) is 0 Å². The first-order valence-corrected chi connectivity index (χ1v) is 18.5. The number of hydrogen-bond donors (Lipinski definition) is 0. The Bertz CT molecular complexity index is 1490. The summed E-state index contributed by atoms with van der Waals surface area (Å²) < 4.78 is 5.46. The van der Waals surface area contributed by atoms with Crippen molar-refractivity contribution < 1.29 is 19.1 Å². The molecular formula is C43H56O4. The molecule has 3 aromatic carbocycles. The van der Waals surface area contributed by atoms with Crippen LogP contribution in [0.5, 0.6) is 0 Å². The summed E-state index contributed by atoms with van der Waals surface area (Å²) in [6, 6.07) is 19.6. The average molecular weight is 637 g/mol. The van der Waals surface area contributed by atoms with E-state index >= 15 is 0 Å². The zero-order chi connectivity index (χ0) is 33.6. The van der Waals surface area contributed by atoms with Gasteiger partial charge in [-0.05, 0) is 66.1 Å². The second kappa shape index (κ2) is 18.1. The summed E-state index contributed by atoms with van der Waals surface area (Å²) in [5.41, 5.74) is 6.93. The largest absolute Gasteiger partial charge is 0.460 e. The first-order valence-electron chi connectivity index (χ1n) is 18.5. The number of ether oxygens (including phenoxy) is 1. The number of carbonyl (C=O) groups excluding carboxylic acids is 3. The molecule has 0 spiro atoms. The first kappa shape index (κ1) is 36.3. The molecule has 0 amide bonds. The normalized spacial score (nSPS) is 12.9. The van der Waals surface area contributed by atoms with Crippen molar-refractivity contribution >= 4 is 17.5 Å². The van der Waals surface area contributed by atoms with Gasteiger partial charge in [0.15, 0.2) is 5.78 Å². The van der Waals surface area contributed by atoms with Crippen LogP contribution in [0.4, 0.5) is 0 Å². The number of benzene rings is 3. The van der Waals surface area contributed by atoms with Crippen molar-refractivity contribution in [2.24, 2.45) is 0 Å². The molecule has 252 valence electrons. The van der Waals surface area contributed by atoms with E-state index in [2.05, 4.69) is 32.9 Å². The van der Waals surface area contributed by atoms with Gasteiger partial charge in [0, 0.05) is 22.1 Å². The van der Waals surface area contributed by atoms with Crippen molar-refractivity contribution in [3.05, 3.63) is 94.0 Å². The maximum Gasteiger partial charge on any atom is 0.379 e. The van der Waals surface area contributed by atoms with E-state index in [1.807, 2.05) is 49.4 Å². The maximum absolute atomic E-state index is 13.7. The fourth-order valence-corrected chi connectivity index (χ4v) is 7.32. The third kappa shape index (κ3) is 8.89. The van der Waals surface area contributed by atoms with Crippen molar-refractivity contribution in [3.63, 3.8) is 0 Å². The SMILES string of the molecule is CCCCCCCCCCCCOC(=O)C(=O)c1ccc2c(c1)C(CCCC)(CCCC)c1cc(C(=O)c3ccccc3C)ccc1-2. The average Bonchev–Trinajstić information content (AvgIpc) is 3.36. The molecule has 4 nitrogen and oxygen atoms in total. The summed E-state index contributed by atoms with van der Waals surface area (Å²) >= 11 is 0. The number of Topliss-reactive ketones (excluding diaryl/α,β-unsaturated/α-hetero) is 1. The predicted molar refractivity (Wildman–Crippen MR) is 193 cm³/mol. The summed E-state index contributed by atoms with van der Waals surface area (Å²) in [4.78, 5) is 40.0. The lowest BCUT2D eigenvalue weighted by atomic mass is 9.70. The highest BCUT2D eigenvalue weighted by molar-refractivity contribution is 6.40. The molecule has 0 bridgehead atoms. The molecule has 0 atom stereocenters. The van der Waals surface area contributed by atoms with Crippen molar-refractivity contribution in [2.45, 2.75) is 136 Å². The van der Waals surface area contributed by atoms with Crippen LogP contribution in [0.25, 0.3) is 11.1 Å². The number of esters is 1. The Morgan fingerprint density at radius 1 is 0.596 bits per heavy atom. The van der Waals surface area contributed by atoms with E-state index in [0.29, 0.717) is 11.1 Å². The summed E-state index contributed by atoms with van der Waals surface area (Å²) in [5.74, 6) is -1.32. The van der Waals surface area contributed by atoms with Gasteiger partial charge in [-0.3, -0.25) is 9.59 Å². The fourth-order valence-electron chi connectivity index (χ4n) is 7.32. The Balaban J connectivity index is 1.50. The molecule has 4 rings (SSSR count). The number of aryl methyl sites for hydroxylation is 1. The number of fused-ring (bicyclic) bond motifs is 3. The second-order valence-corrected chi connectivity index (χ2v) is 13.6. The number of rotatable bonds is 21. The van der Waals surface area contributed by atoms with E-state index in [4.69, 9.17) is 4.74 Å². The molecule has 0 radical (unpaired) electrons. The van der Waals surface area contributed by atoms with Crippen LogP contribution in [-0.2, 0) is 14.9 Å². The highest BCUT2D eigenvalue weighted by Crippen LogP contribution is 2.54. The Hall–Kier alpha value is -3.53. The zero-order valence-corrected chi connectivity index (χ0v) is 29.4. The van der Waals surface area contributed by atoms with Gasteiger partial charge in [0.05, 0.1) is 6.61 Å². The number of hydrogen-bond acceptors (Lipinski definition) is 4. The summed E-state index contributed by atoms with van der Waals surface area (Å²) in [6.45, 7) is 8.91. The summed E-state index contributed by atoms with van der Waals surface area (Å²) in [5, 5.41) is 0. The van der Waals surface area contributed by atoms with Gasteiger partial charge in [-0.1, -0.05) is 153 Å². The van der Waals surface area contributed by atoms with Crippen LogP contribution in [0.1, 0.15) is 166 Å². The van der Waals surface area contributed by atoms with Crippen LogP contribution in [0.3, 0.4) is 0 Å². The Morgan fingerprint density at radius 3 is 1.68 bits per heavy atom. The van der Waals surface area contributed by atoms with Crippen molar-refractivity contribution in [1.82, 2.24) is 0 Å². The van der Waals surface area contributed by atoms with Crippen molar-refractivity contribution in [3.8, 4) is 11.1 Å². The van der Waals surface area contributed by atoms with Gasteiger partial charge in [-0.25, -0.2) is 4.79 Å². The van der Waals surface area contributed by atoms with Crippen LogP contribution < -0.4 is 0 Å². The molecule has 1 aliphatic carbocycles. The minimum Gasteiger partial charge on any atom is -0.460 e.